The minimum atomic E-state index is 0.266. The van der Waals surface area contributed by atoms with Gasteiger partial charge in [-0.15, -0.1) is 0 Å². The smallest absolute Gasteiger partial charge is 0.0558 e. The molecular weight excluding hydrogens is 152 g/mol. The normalized spacial score (nSPS) is 11.0. The first-order valence-electron chi connectivity index (χ1n) is 4.88. The second-order valence-electron chi connectivity index (χ2n) is 3.06. The van der Waals surface area contributed by atoms with Crippen molar-refractivity contribution >= 4 is 0 Å². The maximum atomic E-state index is 8.75. The Morgan fingerprint density at radius 3 is 2.42 bits per heavy atom. The first-order chi connectivity index (χ1) is 5.85. The summed E-state index contributed by atoms with van der Waals surface area (Å²) in [5.74, 6) is 0. The van der Waals surface area contributed by atoms with Crippen molar-refractivity contribution < 1.29 is 5.11 Å². The van der Waals surface area contributed by atoms with Gasteiger partial charge in [0, 0.05) is 6.54 Å². The summed E-state index contributed by atoms with van der Waals surface area (Å²) in [6, 6.07) is 0. The van der Waals surface area contributed by atoms with E-state index in [9.17, 15) is 0 Å². The van der Waals surface area contributed by atoms with Crippen LogP contribution in [-0.2, 0) is 0 Å². The van der Waals surface area contributed by atoms with Crippen molar-refractivity contribution in [1.29, 1.82) is 0 Å². The molecule has 0 radical (unpaired) electrons. The standard InChI is InChI=1S/C9H22N2O/c1-2-6-11(8-9-12)7-4-3-5-10/h12H,2-10H2,1H3. The molecule has 0 atom stereocenters. The number of aliphatic hydroxyl groups is 1. The van der Waals surface area contributed by atoms with E-state index in [0.29, 0.717) is 0 Å². The predicted octanol–water partition coefficient (Wildman–Crippen LogP) is 0.430. The highest BCUT2D eigenvalue weighted by atomic mass is 16.3. The lowest BCUT2D eigenvalue weighted by Crippen LogP contribution is -2.29. The lowest BCUT2D eigenvalue weighted by atomic mass is 10.3. The molecule has 12 heavy (non-hydrogen) atoms. The van der Waals surface area contributed by atoms with Crippen LogP contribution in [0.5, 0.6) is 0 Å². The van der Waals surface area contributed by atoms with E-state index in [1.54, 1.807) is 0 Å². The Morgan fingerprint density at radius 1 is 1.17 bits per heavy atom. The monoisotopic (exact) mass is 174 g/mol. The summed E-state index contributed by atoms with van der Waals surface area (Å²) in [5.41, 5.74) is 5.39. The van der Waals surface area contributed by atoms with E-state index in [-0.39, 0.29) is 6.61 Å². The van der Waals surface area contributed by atoms with Gasteiger partial charge in [0.15, 0.2) is 0 Å². The summed E-state index contributed by atoms with van der Waals surface area (Å²) in [4.78, 5) is 2.29. The minimum Gasteiger partial charge on any atom is -0.395 e. The van der Waals surface area contributed by atoms with E-state index in [4.69, 9.17) is 10.8 Å². The lowest BCUT2D eigenvalue weighted by Gasteiger charge is -2.19. The van der Waals surface area contributed by atoms with Crippen molar-refractivity contribution in [3.8, 4) is 0 Å². The van der Waals surface area contributed by atoms with E-state index < -0.39 is 0 Å². The van der Waals surface area contributed by atoms with Gasteiger partial charge in [0.05, 0.1) is 6.61 Å². The van der Waals surface area contributed by atoms with E-state index in [2.05, 4.69) is 11.8 Å². The lowest BCUT2D eigenvalue weighted by molar-refractivity contribution is 0.194. The summed E-state index contributed by atoms with van der Waals surface area (Å²) >= 11 is 0. The summed E-state index contributed by atoms with van der Waals surface area (Å²) < 4.78 is 0. The number of nitrogens with two attached hydrogens (primary N) is 1. The number of aliphatic hydroxyl groups excluding tert-OH is 1. The summed E-state index contributed by atoms with van der Waals surface area (Å²) in [6.45, 7) is 6.17. The molecule has 3 nitrogen and oxygen atoms in total. The summed E-state index contributed by atoms with van der Waals surface area (Å²) in [7, 11) is 0. The van der Waals surface area contributed by atoms with Crippen LogP contribution in [0, 0.1) is 0 Å². The molecule has 3 N–H and O–H groups in total. The molecule has 0 aromatic heterocycles. The van der Waals surface area contributed by atoms with Crippen molar-refractivity contribution in [1.82, 2.24) is 4.90 Å². The quantitative estimate of drug-likeness (QED) is 0.525. The SMILES string of the molecule is CCCN(CCO)CCCCN. The van der Waals surface area contributed by atoms with Gasteiger partial charge in [0.1, 0.15) is 0 Å². The number of hydrogen-bond acceptors (Lipinski definition) is 3. The average Bonchev–Trinajstić information content (AvgIpc) is 2.06. The molecule has 0 bridgehead atoms. The van der Waals surface area contributed by atoms with Gasteiger partial charge in [-0.25, -0.2) is 0 Å². The van der Waals surface area contributed by atoms with Crippen LogP contribution < -0.4 is 5.73 Å². The van der Waals surface area contributed by atoms with Crippen LogP contribution in [0.2, 0.25) is 0 Å². The molecule has 0 saturated heterocycles. The molecule has 0 heterocycles. The van der Waals surface area contributed by atoms with E-state index in [1.807, 2.05) is 0 Å². The van der Waals surface area contributed by atoms with Crippen LogP contribution in [0.25, 0.3) is 0 Å². The van der Waals surface area contributed by atoms with Gasteiger partial charge < -0.3 is 15.7 Å². The first kappa shape index (κ1) is 11.9. The van der Waals surface area contributed by atoms with Gasteiger partial charge in [0.25, 0.3) is 0 Å². The molecule has 3 heteroatoms. The fraction of sp³-hybridized carbons (Fsp3) is 1.00. The van der Waals surface area contributed by atoms with E-state index >= 15 is 0 Å². The highest BCUT2D eigenvalue weighted by Crippen LogP contribution is 1.95. The van der Waals surface area contributed by atoms with Gasteiger partial charge in [-0.3, -0.25) is 0 Å². The third kappa shape index (κ3) is 6.58. The van der Waals surface area contributed by atoms with Crippen molar-refractivity contribution in [3.05, 3.63) is 0 Å². The van der Waals surface area contributed by atoms with Crippen molar-refractivity contribution in [2.75, 3.05) is 32.8 Å². The van der Waals surface area contributed by atoms with Crippen LogP contribution in [-0.4, -0.2) is 42.8 Å². The molecule has 0 aromatic carbocycles. The molecule has 0 saturated carbocycles. The van der Waals surface area contributed by atoms with Gasteiger partial charge in [-0.2, -0.15) is 0 Å². The van der Waals surface area contributed by atoms with Gasteiger partial charge >= 0.3 is 0 Å². The third-order valence-corrected chi connectivity index (χ3v) is 1.88. The molecule has 0 aliphatic rings. The van der Waals surface area contributed by atoms with Crippen molar-refractivity contribution in [2.45, 2.75) is 26.2 Å². The average molecular weight is 174 g/mol. The van der Waals surface area contributed by atoms with Crippen LogP contribution >= 0.6 is 0 Å². The second kappa shape index (κ2) is 8.97. The molecule has 0 amide bonds. The van der Waals surface area contributed by atoms with Gasteiger partial charge in [-0.1, -0.05) is 6.92 Å². The summed E-state index contributed by atoms with van der Waals surface area (Å²) in [5, 5.41) is 8.75. The van der Waals surface area contributed by atoms with E-state index in [0.717, 1.165) is 45.4 Å². The first-order valence-corrected chi connectivity index (χ1v) is 4.88. The Kier molecular flexibility index (Phi) is 8.88. The zero-order valence-electron chi connectivity index (χ0n) is 8.13. The number of unbranched alkanes of at least 4 members (excludes halogenated alkanes) is 1. The predicted molar refractivity (Wildman–Crippen MR) is 52.1 cm³/mol. The number of rotatable bonds is 8. The van der Waals surface area contributed by atoms with Crippen molar-refractivity contribution in [2.24, 2.45) is 5.73 Å². The maximum absolute atomic E-state index is 8.75. The molecule has 74 valence electrons. The highest BCUT2D eigenvalue weighted by molar-refractivity contribution is 4.56. The molecule has 0 aromatic rings. The molecule has 0 rings (SSSR count). The topological polar surface area (TPSA) is 49.5 Å². The Labute approximate surface area is 75.6 Å². The molecule has 0 aliphatic heterocycles. The maximum Gasteiger partial charge on any atom is 0.0558 e. The van der Waals surface area contributed by atoms with Crippen LogP contribution in [0.15, 0.2) is 0 Å². The van der Waals surface area contributed by atoms with Crippen LogP contribution in [0.3, 0.4) is 0 Å². The van der Waals surface area contributed by atoms with Gasteiger partial charge in [0.2, 0.25) is 0 Å². The zero-order valence-corrected chi connectivity index (χ0v) is 8.13. The van der Waals surface area contributed by atoms with E-state index in [1.165, 1.54) is 0 Å². The van der Waals surface area contributed by atoms with Gasteiger partial charge in [-0.05, 0) is 38.9 Å². The Hall–Kier alpha value is -0.120. The number of nitrogens with zero attached hydrogens (tertiary/aromatic N) is 1. The zero-order chi connectivity index (χ0) is 9.23. The van der Waals surface area contributed by atoms with Crippen LogP contribution in [0.4, 0.5) is 0 Å². The minimum absolute atomic E-state index is 0.266. The fourth-order valence-corrected chi connectivity index (χ4v) is 1.27. The third-order valence-electron chi connectivity index (χ3n) is 1.88. The Balaban J connectivity index is 3.34. The second-order valence-corrected chi connectivity index (χ2v) is 3.06. The highest BCUT2D eigenvalue weighted by Gasteiger charge is 2.00. The van der Waals surface area contributed by atoms with Crippen molar-refractivity contribution in [3.63, 3.8) is 0 Å². The van der Waals surface area contributed by atoms with Crippen LogP contribution in [0.1, 0.15) is 26.2 Å². The largest absolute Gasteiger partial charge is 0.395 e. The molecule has 0 spiro atoms. The molecule has 0 fully saturated rings. The fourth-order valence-electron chi connectivity index (χ4n) is 1.27. The Bertz CT molecular complexity index is 82.6. The Morgan fingerprint density at radius 2 is 1.92 bits per heavy atom. The molecular formula is C9H22N2O. The molecule has 0 unspecified atom stereocenters. The molecule has 0 aliphatic carbocycles. The summed E-state index contributed by atoms with van der Waals surface area (Å²) in [6.07, 6.45) is 3.39. The number of hydrogen-bond donors (Lipinski definition) is 2.